The first kappa shape index (κ1) is 9.77. The molecule has 2 aliphatic rings. The van der Waals surface area contributed by atoms with Crippen molar-refractivity contribution in [1.82, 2.24) is 4.67 Å². The topological polar surface area (TPSA) is 12.5 Å². The molecular formula is C12H16NOP. The van der Waals surface area contributed by atoms with Gasteiger partial charge in [-0.3, -0.25) is 4.67 Å². The molecule has 2 saturated heterocycles. The number of hydrogen-bond donors (Lipinski definition) is 0. The Kier molecular flexibility index (Phi) is 2.31. The molecule has 2 aliphatic heterocycles. The van der Waals surface area contributed by atoms with E-state index in [1.165, 1.54) is 24.9 Å². The van der Waals surface area contributed by atoms with Gasteiger partial charge in [0.2, 0.25) is 0 Å². The Hall–Kier alpha value is -0.430. The van der Waals surface area contributed by atoms with Gasteiger partial charge in [-0.05, 0) is 25.3 Å². The molecule has 1 aromatic carbocycles. The number of benzene rings is 1. The van der Waals surface area contributed by atoms with E-state index in [4.69, 9.17) is 4.52 Å². The zero-order chi connectivity index (χ0) is 10.3. The van der Waals surface area contributed by atoms with Crippen LogP contribution in [0.25, 0.3) is 0 Å². The lowest BCUT2D eigenvalue weighted by molar-refractivity contribution is 0.0904. The maximum absolute atomic E-state index is 6.05. The van der Waals surface area contributed by atoms with Crippen molar-refractivity contribution in [3.8, 4) is 0 Å². The zero-order valence-electron chi connectivity index (χ0n) is 8.94. The van der Waals surface area contributed by atoms with Crippen LogP contribution in [0.15, 0.2) is 30.3 Å². The van der Waals surface area contributed by atoms with Crippen molar-refractivity contribution in [1.29, 1.82) is 0 Å². The maximum Gasteiger partial charge on any atom is 0.112 e. The van der Waals surface area contributed by atoms with Gasteiger partial charge in [-0.25, -0.2) is 0 Å². The summed E-state index contributed by atoms with van der Waals surface area (Å²) in [5.74, 6) is 0. The number of hydrogen-bond acceptors (Lipinski definition) is 2. The van der Waals surface area contributed by atoms with Crippen molar-refractivity contribution in [2.75, 3.05) is 6.54 Å². The van der Waals surface area contributed by atoms with E-state index in [0.717, 1.165) is 0 Å². The second-order valence-electron chi connectivity index (χ2n) is 4.52. The summed E-state index contributed by atoms with van der Waals surface area (Å²) in [6.07, 6.45) is 2.60. The fourth-order valence-corrected chi connectivity index (χ4v) is 4.00. The molecule has 80 valence electrons. The minimum absolute atomic E-state index is 0.0732. The highest BCUT2D eigenvalue weighted by atomic mass is 31.1. The van der Waals surface area contributed by atoms with Crippen molar-refractivity contribution in [2.45, 2.75) is 31.4 Å². The average Bonchev–Trinajstić information content (AvgIpc) is 2.85. The Labute approximate surface area is 92.5 Å². The number of rotatable bonds is 1. The Morgan fingerprint density at radius 3 is 3.00 bits per heavy atom. The van der Waals surface area contributed by atoms with Crippen molar-refractivity contribution < 1.29 is 4.52 Å². The smallest absolute Gasteiger partial charge is 0.112 e. The van der Waals surface area contributed by atoms with Crippen molar-refractivity contribution >= 4 is 8.96 Å². The lowest BCUT2D eigenvalue weighted by atomic mass is 9.87. The third-order valence-corrected chi connectivity index (χ3v) is 4.90. The van der Waals surface area contributed by atoms with E-state index >= 15 is 0 Å². The zero-order valence-corrected chi connectivity index (χ0v) is 9.94. The molecule has 0 amide bonds. The molecule has 0 bridgehead atoms. The van der Waals surface area contributed by atoms with E-state index in [1.807, 2.05) is 0 Å². The Morgan fingerprint density at radius 2 is 2.20 bits per heavy atom. The molecule has 2 heterocycles. The van der Waals surface area contributed by atoms with Crippen molar-refractivity contribution in [2.24, 2.45) is 0 Å². The molecule has 0 radical (unpaired) electrons. The molecule has 0 aromatic heterocycles. The van der Waals surface area contributed by atoms with Gasteiger partial charge in [-0.1, -0.05) is 30.3 Å². The first-order chi connectivity index (χ1) is 7.31. The van der Waals surface area contributed by atoms with E-state index in [1.54, 1.807) is 0 Å². The highest BCUT2D eigenvalue weighted by molar-refractivity contribution is 7.29. The van der Waals surface area contributed by atoms with E-state index in [0.29, 0.717) is 15.0 Å². The van der Waals surface area contributed by atoms with Crippen LogP contribution in [0.5, 0.6) is 0 Å². The van der Waals surface area contributed by atoms with Gasteiger partial charge in [-0.2, -0.15) is 0 Å². The summed E-state index contributed by atoms with van der Waals surface area (Å²) in [5, 5.41) is 0. The molecule has 3 heteroatoms. The van der Waals surface area contributed by atoms with Crippen molar-refractivity contribution in [3.05, 3.63) is 35.9 Å². The summed E-state index contributed by atoms with van der Waals surface area (Å²) < 4.78 is 8.54. The fraction of sp³-hybridized carbons (Fsp3) is 0.500. The minimum atomic E-state index is -0.0732. The molecular weight excluding hydrogens is 205 g/mol. The number of nitrogens with zero attached hydrogens (tertiary/aromatic N) is 1. The second-order valence-corrected chi connectivity index (χ2v) is 5.48. The summed E-state index contributed by atoms with van der Waals surface area (Å²) in [6.45, 7) is 3.46. The van der Waals surface area contributed by atoms with Gasteiger partial charge in [0.05, 0.1) is 8.96 Å². The van der Waals surface area contributed by atoms with Crippen LogP contribution >= 0.6 is 8.96 Å². The van der Waals surface area contributed by atoms with Gasteiger partial charge in [0.15, 0.2) is 0 Å². The van der Waals surface area contributed by atoms with Crippen LogP contribution in [-0.2, 0) is 10.1 Å². The first-order valence-electron chi connectivity index (χ1n) is 5.56. The fourth-order valence-electron chi connectivity index (χ4n) is 2.69. The highest BCUT2D eigenvalue weighted by Gasteiger charge is 2.48. The predicted molar refractivity (Wildman–Crippen MR) is 62.9 cm³/mol. The lowest BCUT2D eigenvalue weighted by Crippen LogP contribution is -2.36. The minimum Gasteiger partial charge on any atom is -0.334 e. The third kappa shape index (κ3) is 1.44. The summed E-state index contributed by atoms with van der Waals surface area (Å²) in [7, 11) is 0.553. The molecule has 3 rings (SSSR count). The Balaban J connectivity index is 1.97. The molecule has 0 N–H and O–H groups in total. The molecule has 2 fully saturated rings. The van der Waals surface area contributed by atoms with Crippen LogP contribution < -0.4 is 0 Å². The van der Waals surface area contributed by atoms with Crippen LogP contribution in [-0.4, -0.2) is 17.3 Å². The van der Waals surface area contributed by atoms with Gasteiger partial charge in [0, 0.05) is 12.6 Å². The van der Waals surface area contributed by atoms with Crippen LogP contribution in [0.1, 0.15) is 25.3 Å². The molecule has 2 nitrogen and oxygen atoms in total. The number of fused-ring (bicyclic) bond motifs is 1. The van der Waals surface area contributed by atoms with E-state index < -0.39 is 0 Å². The third-order valence-electron chi connectivity index (χ3n) is 3.61. The first-order valence-corrected chi connectivity index (χ1v) is 6.42. The Bertz CT molecular complexity index is 356. The van der Waals surface area contributed by atoms with Gasteiger partial charge in [-0.15, -0.1) is 0 Å². The van der Waals surface area contributed by atoms with Gasteiger partial charge in [0.25, 0.3) is 0 Å². The summed E-state index contributed by atoms with van der Waals surface area (Å²) >= 11 is 0. The molecule has 15 heavy (non-hydrogen) atoms. The normalized spacial score (nSPS) is 37.3. The van der Waals surface area contributed by atoms with E-state index in [9.17, 15) is 0 Å². The van der Waals surface area contributed by atoms with Crippen molar-refractivity contribution in [3.63, 3.8) is 0 Å². The molecule has 0 aliphatic carbocycles. The maximum atomic E-state index is 6.05. The average molecular weight is 221 g/mol. The lowest BCUT2D eigenvalue weighted by Gasteiger charge is -2.29. The molecule has 1 aromatic rings. The molecule has 1 unspecified atom stereocenters. The molecule has 0 spiro atoms. The SMILES string of the molecule is C[C@@]1(c2ccccc2)OPN2CCC[C@@H]21. The van der Waals surface area contributed by atoms with Gasteiger partial charge < -0.3 is 4.52 Å². The summed E-state index contributed by atoms with van der Waals surface area (Å²) in [5.41, 5.74) is 1.25. The molecule has 0 saturated carbocycles. The standard InChI is InChI=1S/C12H16NOP/c1-12(10-6-3-2-4-7-10)11-8-5-9-13(11)15-14-12/h2-4,6-7,11,15H,5,8-9H2,1H3/t11-,12+/m1/s1. The van der Waals surface area contributed by atoms with Crippen LogP contribution in [0.4, 0.5) is 0 Å². The largest absolute Gasteiger partial charge is 0.334 e. The monoisotopic (exact) mass is 221 g/mol. The Morgan fingerprint density at radius 1 is 1.40 bits per heavy atom. The van der Waals surface area contributed by atoms with Gasteiger partial charge in [0.1, 0.15) is 5.60 Å². The van der Waals surface area contributed by atoms with E-state index in [2.05, 4.69) is 41.9 Å². The predicted octanol–water partition coefficient (Wildman–Crippen LogP) is 2.90. The summed E-state index contributed by atoms with van der Waals surface area (Å²) in [6, 6.07) is 11.2. The van der Waals surface area contributed by atoms with Crippen LogP contribution in [0.3, 0.4) is 0 Å². The van der Waals surface area contributed by atoms with E-state index in [-0.39, 0.29) is 5.60 Å². The van der Waals surface area contributed by atoms with Crippen LogP contribution in [0.2, 0.25) is 0 Å². The second kappa shape index (κ2) is 3.55. The van der Waals surface area contributed by atoms with Crippen LogP contribution in [0, 0.1) is 0 Å². The quantitative estimate of drug-likeness (QED) is 0.676. The highest BCUT2D eigenvalue weighted by Crippen LogP contribution is 2.52. The molecule has 3 atom stereocenters. The summed E-state index contributed by atoms with van der Waals surface area (Å²) in [4.78, 5) is 0. The van der Waals surface area contributed by atoms with Gasteiger partial charge >= 0.3 is 0 Å².